The van der Waals surface area contributed by atoms with E-state index < -0.39 is 21.2 Å². The van der Waals surface area contributed by atoms with Gasteiger partial charge in [-0.1, -0.05) is 23.9 Å². The minimum absolute atomic E-state index is 0.0571. The first kappa shape index (κ1) is 15.4. The van der Waals surface area contributed by atoms with Crippen molar-refractivity contribution < 1.29 is 13.5 Å². The Balaban J connectivity index is 1.92. The Morgan fingerprint density at radius 2 is 2.09 bits per heavy atom. The van der Waals surface area contributed by atoms with Gasteiger partial charge in [0.25, 0.3) is 0 Å². The van der Waals surface area contributed by atoms with Gasteiger partial charge in [0.2, 0.25) is 5.16 Å². The molecule has 3 rings (SSSR count). The zero-order valence-corrected chi connectivity index (χ0v) is 13.8. The first-order valence-corrected chi connectivity index (χ1v) is 9.47. The van der Waals surface area contributed by atoms with E-state index in [1.807, 2.05) is 32.0 Å². The molecule has 9 heteroatoms. The van der Waals surface area contributed by atoms with Crippen molar-refractivity contribution in [2.24, 2.45) is 0 Å². The van der Waals surface area contributed by atoms with Gasteiger partial charge in [-0.25, -0.2) is 8.42 Å². The number of tetrazole rings is 1. The van der Waals surface area contributed by atoms with E-state index in [9.17, 15) is 13.5 Å². The summed E-state index contributed by atoms with van der Waals surface area (Å²) in [5, 5.41) is 21.6. The molecule has 118 valence electrons. The number of aryl methyl sites for hydroxylation is 2. The highest BCUT2D eigenvalue weighted by molar-refractivity contribution is 8.01. The summed E-state index contributed by atoms with van der Waals surface area (Å²) in [6.45, 7) is 3.94. The van der Waals surface area contributed by atoms with Crippen molar-refractivity contribution >= 4 is 21.6 Å². The number of hydrogen-bond donors (Lipinski definition) is 1. The molecule has 0 unspecified atom stereocenters. The van der Waals surface area contributed by atoms with Crippen LogP contribution in [0.15, 0.2) is 23.4 Å². The molecule has 2 atom stereocenters. The molecule has 1 aliphatic heterocycles. The van der Waals surface area contributed by atoms with Crippen molar-refractivity contribution in [2.75, 3.05) is 11.5 Å². The summed E-state index contributed by atoms with van der Waals surface area (Å²) < 4.78 is 24.8. The quantitative estimate of drug-likeness (QED) is 0.870. The lowest BCUT2D eigenvalue weighted by Gasteiger charge is -2.12. The monoisotopic (exact) mass is 340 g/mol. The molecule has 0 amide bonds. The smallest absolute Gasteiger partial charge is 0.214 e. The Morgan fingerprint density at radius 3 is 2.77 bits per heavy atom. The van der Waals surface area contributed by atoms with Crippen LogP contribution in [0.4, 0.5) is 0 Å². The molecule has 1 fully saturated rings. The molecule has 7 nitrogen and oxygen atoms in total. The number of benzene rings is 1. The number of rotatable bonds is 3. The van der Waals surface area contributed by atoms with Gasteiger partial charge < -0.3 is 5.11 Å². The minimum atomic E-state index is -3.19. The van der Waals surface area contributed by atoms with Crippen LogP contribution in [0.2, 0.25) is 0 Å². The largest absolute Gasteiger partial charge is 0.391 e. The summed E-state index contributed by atoms with van der Waals surface area (Å²) in [6.07, 6.45) is -0.890. The normalized spacial score (nSPS) is 23.8. The van der Waals surface area contributed by atoms with Crippen LogP contribution in [0.25, 0.3) is 5.69 Å². The number of hydrogen-bond acceptors (Lipinski definition) is 7. The van der Waals surface area contributed by atoms with E-state index in [0.717, 1.165) is 16.8 Å². The molecular formula is C13H16N4O3S2. The van der Waals surface area contributed by atoms with E-state index in [1.165, 1.54) is 11.8 Å². The molecule has 1 aromatic heterocycles. The highest BCUT2D eigenvalue weighted by atomic mass is 32.2. The molecule has 1 aliphatic rings. The van der Waals surface area contributed by atoms with E-state index in [1.54, 1.807) is 4.68 Å². The van der Waals surface area contributed by atoms with Gasteiger partial charge >= 0.3 is 0 Å². The molecule has 22 heavy (non-hydrogen) atoms. The Hall–Kier alpha value is -1.45. The topological polar surface area (TPSA) is 98.0 Å². The molecule has 0 bridgehead atoms. The van der Waals surface area contributed by atoms with Gasteiger partial charge in [-0.3, -0.25) is 0 Å². The van der Waals surface area contributed by atoms with Crippen molar-refractivity contribution in [1.29, 1.82) is 0 Å². The Bertz CT molecular complexity index is 803. The number of aliphatic hydroxyl groups excluding tert-OH is 1. The predicted octanol–water partition coefficient (Wildman–Crippen LogP) is 0.529. The minimum Gasteiger partial charge on any atom is -0.391 e. The van der Waals surface area contributed by atoms with Crippen molar-refractivity contribution in [3.05, 3.63) is 29.3 Å². The van der Waals surface area contributed by atoms with Gasteiger partial charge in [0.05, 0.1) is 28.5 Å². The van der Waals surface area contributed by atoms with Gasteiger partial charge in [0.15, 0.2) is 9.84 Å². The molecular weight excluding hydrogens is 324 g/mol. The zero-order chi connectivity index (χ0) is 15.9. The van der Waals surface area contributed by atoms with E-state index in [0.29, 0.717) is 5.16 Å². The van der Waals surface area contributed by atoms with Crippen LogP contribution < -0.4 is 0 Å². The summed E-state index contributed by atoms with van der Waals surface area (Å²) >= 11 is 1.20. The second-order valence-electron chi connectivity index (χ2n) is 5.46. The van der Waals surface area contributed by atoms with Crippen LogP contribution >= 0.6 is 11.8 Å². The number of aromatic nitrogens is 4. The van der Waals surface area contributed by atoms with Crippen molar-refractivity contribution in [1.82, 2.24) is 20.2 Å². The van der Waals surface area contributed by atoms with Gasteiger partial charge in [-0.2, -0.15) is 4.68 Å². The summed E-state index contributed by atoms with van der Waals surface area (Å²) in [6, 6.07) is 5.95. The lowest BCUT2D eigenvalue weighted by atomic mass is 10.1. The molecule has 2 heterocycles. The fraction of sp³-hybridized carbons (Fsp3) is 0.462. The van der Waals surface area contributed by atoms with Crippen LogP contribution in [-0.4, -0.2) is 56.6 Å². The molecule has 1 N–H and O–H groups in total. The highest BCUT2D eigenvalue weighted by Gasteiger charge is 2.38. The van der Waals surface area contributed by atoms with Crippen LogP contribution in [0.5, 0.6) is 0 Å². The SMILES string of the molecule is Cc1ccc(C)c(-n2nnnc2S[C@@H]2CS(=O)(=O)C[C@@H]2O)c1. The van der Waals surface area contributed by atoms with Gasteiger partial charge in [0.1, 0.15) is 0 Å². The molecule has 0 saturated carbocycles. The second-order valence-corrected chi connectivity index (χ2v) is 8.82. The van der Waals surface area contributed by atoms with Crippen LogP contribution in [0.1, 0.15) is 11.1 Å². The van der Waals surface area contributed by atoms with Crippen LogP contribution in [-0.2, 0) is 9.84 Å². The summed E-state index contributed by atoms with van der Waals surface area (Å²) in [4.78, 5) is 0. The molecule has 0 aliphatic carbocycles. The summed E-state index contributed by atoms with van der Waals surface area (Å²) in [7, 11) is -3.19. The predicted molar refractivity (Wildman–Crippen MR) is 82.9 cm³/mol. The molecule has 1 saturated heterocycles. The first-order chi connectivity index (χ1) is 10.4. The van der Waals surface area contributed by atoms with E-state index >= 15 is 0 Å². The molecule has 2 aromatic rings. The molecule has 1 aromatic carbocycles. The number of thioether (sulfide) groups is 1. The van der Waals surface area contributed by atoms with E-state index in [4.69, 9.17) is 0 Å². The number of sulfone groups is 1. The Kier molecular flexibility index (Phi) is 3.96. The zero-order valence-electron chi connectivity index (χ0n) is 12.2. The lowest BCUT2D eigenvalue weighted by molar-refractivity contribution is 0.207. The van der Waals surface area contributed by atoms with Gasteiger partial charge in [0, 0.05) is 0 Å². The van der Waals surface area contributed by atoms with E-state index in [2.05, 4.69) is 15.5 Å². The maximum atomic E-state index is 11.6. The van der Waals surface area contributed by atoms with Crippen LogP contribution in [0, 0.1) is 13.8 Å². The van der Waals surface area contributed by atoms with Crippen LogP contribution in [0.3, 0.4) is 0 Å². The van der Waals surface area contributed by atoms with Crippen molar-refractivity contribution in [3.8, 4) is 5.69 Å². The second kappa shape index (κ2) is 5.64. The Labute approximate surface area is 132 Å². The van der Waals surface area contributed by atoms with Crippen molar-refractivity contribution in [3.63, 3.8) is 0 Å². The fourth-order valence-corrected chi connectivity index (χ4v) is 5.87. The first-order valence-electron chi connectivity index (χ1n) is 6.77. The maximum Gasteiger partial charge on any atom is 0.214 e. The van der Waals surface area contributed by atoms with Crippen molar-refractivity contribution in [2.45, 2.75) is 30.4 Å². The number of aliphatic hydroxyl groups is 1. The summed E-state index contributed by atoms with van der Waals surface area (Å²) in [5.74, 6) is -0.256. The third-order valence-corrected chi connectivity index (χ3v) is 6.74. The van der Waals surface area contributed by atoms with E-state index in [-0.39, 0.29) is 11.5 Å². The van der Waals surface area contributed by atoms with Gasteiger partial charge in [-0.15, -0.1) is 5.10 Å². The summed E-state index contributed by atoms with van der Waals surface area (Å²) in [5.41, 5.74) is 2.94. The highest BCUT2D eigenvalue weighted by Crippen LogP contribution is 2.31. The lowest BCUT2D eigenvalue weighted by Crippen LogP contribution is -2.20. The van der Waals surface area contributed by atoms with Gasteiger partial charge in [-0.05, 0) is 41.5 Å². The third-order valence-electron chi connectivity index (χ3n) is 3.56. The fourth-order valence-electron chi connectivity index (χ4n) is 2.40. The molecule has 0 spiro atoms. The maximum absolute atomic E-state index is 11.6. The average Bonchev–Trinajstić information content (AvgIpc) is 2.97. The average molecular weight is 340 g/mol. The Morgan fingerprint density at radius 1 is 1.32 bits per heavy atom. The third kappa shape index (κ3) is 3.01. The standard InChI is InChI=1S/C13H16N4O3S2/c1-8-3-4-9(2)10(5-8)17-13(14-15-16-17)21-12-7-22(19,20)6-11(12)18/h3-5,11-12,18H,6-7H2,1-2H3/t11-,12+/m0/s1. The number of nitrogens with zero attached hydrogens (tertiary/aromatic N) is 4. The molecule has 0 radical (unpaired) electrons.